The number of nitrogens with one attached hydrogen (secondary N) is 1. The number of anilines is 1. The Kier molecular flexibility index (Phi) is 4.73. The third-order valence-electron chi connectivity index (χ3n) is 3.32. The number of amides is 1. The molecule has 1 saturated heterocycles. The second-order valence-electron chi connectivity index (χ2n) is 4.79. The van der Waals surface area contributed by atoms with Crippen molar-refractivity contribution in [3.63, 3.8) is 0 Å². The van der Waals surface area contributed by atoms with Crippen molar-refractivity contribution in [2.75, 3.05) is 38.2 Å². The molecule has 0 saturated carbocycles. The number of hydrogen-bond donors (Lipinski definition) is 1. The number of aromatic nitrogens is 3. The van der Waals surface area contributed by atoms with Crippen LogP contribution in [0.25, 0.3) is 0 Å². The highest BCUT2D eigenvalue weighted by molar-refractivity contribution is 5.76. The molecule has 21 heavy (non-hydrogen) atoms. The molecule has 0 aliphatic carbocycles. The van der Waals surface area contributed by atoms with Gasteiger partial charge in [-0.05, 0) is 0 Å². The van der Waals surface area contributed by atoms with Crippen molar-refractivity contribution in [3.05, 3.63) is 20.8 Å². The Labute approximate surface area is 121 Å². The van der Waals surface area contributed by atoms with Crippen molar-refractivity contribution in [2.45, 2.75) is 6.42 Å². The predicted molar refractivity (Wildman–Crippen MR) is 75.2 cm³/mol. The zero-order chi connectivity index (χ0) is 15.4. The summed E-state index contributed by atoms with van der Waals surface area (Å²) in [6, 6.07) is 0. The molecule has 2 heterocycles. The van der Waals surface area contributed by atoms with E-state index in [1.807, 2.05) is 0 Å². The van der Waals surface area contributed by atoms with Gasteiger partial charge in [-0.15, -0.1) is 5.10 Å². The number of ether oxygens (including phenoxy) is 1. The zero-order valence-electron chi connectivity index (χ0n) is 12.2. The van der Waals surface area contributed by atoms with Crippen molar-refractivity contribution in [1.82, 2.24) is 19.2 Å². The Morgan fingerprint density at radius 1 is 1.29 bits per heavy atom. The van der Waals surface area contributed by atoms with Crippen LogP contribution in [0, 0.1) is 0 Å². The van der Waals surface area contributed by atoms with E-state index in [4.69, 9.17) is 4.74 Å². The average molecular weight is 297 g/mol. The molecule has 9 nitrogen and oxygen atoms in total. The van der Waals surface area contributed by atoms with Gasteiger partial charge in [0.1, 0.15) is 0 Å². The summed E-state index contributed by atoms with van der Waals surface area (Å²) in [7, 11) is 2.85. The van der Waals surface area contributed by atoms with E-state index in [1.54, 1.807) is 4.90 Å². The lowest BCUT2D eigenvalue weighted by Crippen LogP contribution is -2.42. The van der Waals surface area contributed by atoms with Gasteiger partial charge < -0.3 is 15.0 Å². The van der Waals surface area contributed by atoms with Crippen molar-refractivity contribution in [2.24, 2.45) is 14.1 Å². The summed E-state index contributed by atoms with van der Waals surface area (Å²) in [5, 5.41) is 6.67. The smallest absolute Gasteiger partial charge is 0.346 e. The van der Waals surface area contributed by atoms with Crippen LogP contribution >= 0.6 is 0 Å². The molecule has 1 aliphatic heterocycles. The molecule has 0 unspecified atom stereocenters. The van der Waals surface area contributed by atoms with Gasteiger partial charge in [0, 0.05) is 40.2 Å². The molecule has 0 radical (unpaired) electrons. The standard InChI is InChI=1S/C12H19N5O4/c1-15-11(19)10(14-16(2)12(15)20)13-4-3-9(18)17-5-7-21-8-6-17/h3-8H2,1-2H3,(H,13,14). The first-order chi connectivity index (χ1) is 10.0. The Hall–Kier alpha value is -2.16. The van der Waals surface area contributed by atoms with Crippen molar-refractivity contribution < 1.29 is 9.53 Å². The molecule has 0 aromatic carbocycles. The van der Waals surface area contributed by atoms with Crippen LogP contribution in [0.1, 0.15) is 6.42 Å². The molecule has 1 amide bonds. The summed E-state index contributed by atoms with van der Waals surface area (Å²) >= 11 is 0. The zero-order valence-corrected chi connectivity index (χ0v) is 12.2. The van der Waals surface area contributed by atoms with Crippen LogP contribution in [0.5, 0.6) is 0 Å². The molecular formula is C12H19N5O4. The Morgan fingerprint density at radius 3 is 2.62 bits per heavy atom. The van der Waals surface area contributed by atoms with E-state index in [0.29, 0.717) is 26.3 Å². The van der Waals surface area contributed by atoms with Gasteiger partial charge in [-0.3, -0.25) is 14.2 Å². The van der Waals surface area contributed by atoms with Crippen LogP contribution in [-0.2, 0) is 23.6 Å². The summed E-state index contributed by atoms with van der Waals surface area (Å²) in [6.45, 7) is 2.60. The molecule has 1 aliphatic rings. The second kappa shape index (κ2) is 6.53. The minimum atomic E-state index is -0.503. The fourth-order valence-corrected chi connectivity index (χ4v) is 2.07. The van der Waals surface area contributed by atoms with Gasteiger partial charge in [-0.1, -0.05) is 0 Å². The fraction of sp³-hybridized carbons (Fsp3) is 0.667. The summed E-state index contributed by atoms with van der Waals surface area (Å²) in [4.78, 5) is 37.0. The lowest BCUT2D eigenvalue weighted by molar-refractivity contribution is -0.134. The number of carbonyl (C=O) groups is 1. The predicted octanol–water partition coefficient (Wildman–Crippen LogP) is -1.86. The van der Waals surface area contributed by atoms with Gasteiger partial charge in [-0.2, -0.15) is 0 Å². The molecule has 1 aromatic heterocycles. The van der Waals surface area contributed by atoms with Crippen LogP contribution in [0.2, 0.25) is 0 Å². The van der Waals surface area contributed by atoms with E-state index in [0.717, 1.165) is 9.25 Å². The van der Waals surface area contributed by atoms with Crippen LogP contribution in [0.3, 0.4) is 0 Å². The van der Waals surface area contributed by atoms with E-state index < -0.39 is 11.2 Å². The molecule has 0 atom stereocenters. The number of carbonyl (C=O) groups excluding carboxylic acids is 1. The van der Waals surface area contributed by atoms with Gasteiger partial charge >= 0.3 is 5.69 Å². The maximum absolute atomic E-state index is 11.9. The van der Waals surface area contributed by atoms with Gasteiger partial charge in [0.15, 0.2) is 0 Å². The first-order valence-corrected chi connectivity index (χ1v) is 6.74. The average Bonchev–Trinajstić information content (AvgIpc) is 2.51. The number of aryl methyl sites for hydroxylation is 1. The van der Waals surface area contributed by atoms with Gasteiger partial charge in [-0.25, -0.2) is 9.48 Å². The first-order valence-electron chi connectivity index (χ1n) is 6.74. The van der Waals surface area contributed by atoms with Crippen molar-refractivity contribution >= 4 is 11.7 Å². The second-order valence-corrected chi connectivity index (χ2v) is 4.79. The first kappa shape index (κ1) is 15.2. The maximum atomic E-state index is 11.9. The van der Waals surface area contributed by atoms with E-state index in [9.17, 15) is 14.4 Å². The number of morpholine rings is 1. The summed E-state index contributed by atoms with van der Waals surface area (Å²) in [6.07, 6.45) is 0.258. The summed E-state index contributed by atoms with van der Waals surface area (Å²) in [5.74, 6) is 0.0711. The topological polar surface area (TPSA) is 98.5 Å². The molecular weight excluding hydrogens is 278 g/mol. The van der Waals surface area contributed by atoms with Crippen LogP contribution in [0.15, 0.2) is 9.59 Å². The highest BCUT2D eigenvalue weighted by Crippen LogP contribution is 2.00. The third kappa shape index (κ3) is 3.48. The molecule has 2 rings (SSSR count). The minimum Gasteiger partial charge on any atom is -0.378 e. The molecule has 1 N–H and O–H groups in total. The van der Waals surface area contributed by atoms with Gasteiger partial charge in [0.2, 0.25) is 11.7 Å². The molecule has 0 bridgehead atoms. The third-order valence-corrected chi connectivity index (χ3v) is 3.32. The van der Waals surface area contributed by atoms with Gasteiger partial charge in [0.05, 0.1) is 13.2 Å². The number of rotatable bonds is 4. The fourth-order valence-electron chi connectivity index (χ4n) is 2.07. The number of nitrogens with zero attached hydrogens (tertiary/aromatic N) is 4. The Morgan fingerprint density at radius 2 is 1.95 bits per heavy atom. The van der Waals surface area contributed by atoms with Crippen LogP contribution < -0.4 is 16.6 Å². The van der Waals surface area contributed by atoms with Crippen LogP contribution in [-0.4, -0.2) is 58.0 Å². The lowest BCUT2D eigenvalue weighted by atomic mass is 10.3. The highest BCUT2D eigenvalue weighted by atomic mass is 16.5. The van der Waals surface area contributed by atoms with Crippen molar-refractivity contribution in [3.8, 4) is 0 Å². The summed E-state index contributed by atoms with van der Waals surface area (Å²) in [5.41, 5.74) is -0.994. The normalized spacial score (nSPS) is 15.0. The van der Waals surface area contributed by atoms with Crippen molar-refractivity contribution in [1.29, 1.82) is 0 Å². The molecule has 1 aromatic rings. The van der Waals surface area contributed by atoms with Gasteiger partial charge in [0.25, 0.3) is 5.56 Å². The Balaban J connectivity index is 1.93. The van der Waals surface area contributed by atoms with Crippen LogP contribution in [0.4, 0.5) is 5.82 Å². The maximum Gasteiger partial charge on any atom is 0.346 e. The quantitative estimate of drug-likeness (QED) is 0.700. The minimum absolute atomic E-state index is 0.00689. The van der Waals surface area contributed by atoms with E-state index >= 15 is 0 Å². The molecule has 9 heteroatoms. The summed E-state index contributed by atoms with van der Waals surface area (Å²) < 4.78 is 7.23. The number of hydrogen-bond acceptors (Lipinski definition) is 6. The highest BCUT2D eigenvalue weighted by Gasteiger charge is 2.16. The molecule has 1 fully saturated rings. The van der Waals surface area contributed by atoms with E-state index in [-0.39, 0.29) is 24.7 Å². The van der Waals surface area contributed by atoms with E-state index in [1.165, 1.54) is 14.1 Å². The lowest BCUT2D eigenvalue weighted by Gasteiger charge is -2.26. The largest absolute Gasteiger partial charge is 0.378 e. The SMILES string of the molecule is Cn1nc(NCCC(=O)N2CCOCC2)c(=O)n(C)c1=O. The molecule has 116 valence electrons. The van der Waals surface area contributed by atoms with E-state index in [2.05, 4.69) is 10.4 Å². The Bertz CT molecular complexity index is 630. The monoisotopic (exact) mass is 297 g/mol. The molecule has 0 spiro atoms.